The molecule has 0 atom stereocenters. The largest absolute Gasteiger partial charge is 0.349 e. The molecule has 1 aromatic heterocycles. The Hall–Kier alpha value is -1.98. The molecule has 0 aliphatic carbocycles. The third kappa shape index (κ3) is 3.42. The Bertz CT molecular complexity index is 850. The van der Waals surface area contributed by atoms with Gasteiger partial charge in [-0.2, -0.15) is 0 Å². The van der Waals surface area contributed by atoms with Crippen LogP contribution in [-0.4, -0.2) is 15.6 Å². The number of aliphatic imine (C=N–C) groups is 1. The maximum atomic E-state index is 12.2. The lowest BCUT2D eigenvalue weighted by Gasteiger charge is -2.04. The van der Waals surface area contributed by atoms with Crippen molar-refractivity contribution < 1.29 is 4.79 Å². The van der Waals surface area contributed by atoms with Gasteiger partial charge in [0, 0.05) is 23.0 Å². The van der Waals surface area contributed by atoms with Gasteiger partial charge < -0.3 is 9.88 Å². The van der Waals surface area contributed by atoms with Crippen molar-refractivity contribution >= 4 is 46.2 Å². The van der Waals surface area contributed by atoms with E-state index in [4.69, 9.17) is 11.6 Å². The summed E-state index contributed by atoms with van der Waals surface area (Å²) in [5.74, 6) is -0.117. The highest BCUT2D eigenvalue weighted by Crippen LogP contribution is 2.29. The van der Waals surface area contributed by atoms with Gasteiger partial charge in [-0.05, 0) is 74.5 Å². The van der Waals surface area contributed by atoms with E-state index in [1.165, 1.54) is 23.1 Å². The predicted molar refractivity (Wildman–Crippen MR) is 102 cm³/mol. The number of carbonyl (C=O) groups excluding carboxylic acids is 1. The maximum Gasteiger partial charge on any atom is 0.264 e. The topological polar surface area (TPSA) is 46.4 Å². The highest BCUT2D eigenvalue weighted by Gasteiger charge is 2.24. The number of aryl methyl sites for hydroxylation is 1. The Kier molecular flexibility index (Phi) is 4.83. The number of rotatable bonds is 3. The van der Waals surface area contributed by atoms with Crippen LogP contribution in [0.25, 0.3) is 6.08 Å². The molecule has 0 spiro atoms. The number of thioether (sulfide) groups is 1. The summed E-state index contributed by atoms with van der Waals surface area (Å²) in [5, 5.41) is 4.05. The van der Waals surface area contributed by atoms with Gasteiger partial charge in [-0.1, -0.05) is 11.6 Å². The molecule has 4 nitrogen and oxygen atoms in total. The van der Waals surface area contributed by atoms with Gasteiger partial charge >= 0.3 is 0 Å². The van der Waals surface area contributed by atoms with E-state index in [2.05, 4.69) is 41.7 Å². The molecule has 1 amide bonds. The summed E-state index contributed by atoms with van der Waals surface area (Å²) < 4.78 is 2.23. The first-order valence-electron chi connectivity index (χ1n) is 7.70. The molecule has 1 N–H and O–H groups in total. The minimum atomic E-state index is -0.117. The fraction of sp³-hybridized carbons (Fsp3) is 0.222. The van der Waals surface area contributed by atoms with Crippen LogP contribution in [0, 0.1) is 13.8 Å². The van der Waals surface area contributed by atoms with Gasteiger partial charge in [-0.3, -0.25) is 4.79 Å². The molecule has 1 aromatic carbocycles. The number of halogens is 1. The molecule has 1 fully saturated rings. The van der Waals surface area contributed by atoms with Crippen LogP contribution >= 0.6 is 23.4 Å². The lowest BCUT2D eigenvalue weighted by atomic mass is 10.2. The van der Waals surface area contributed by atoms with Crippen LogP contribution in [0.2, 0.25) is 5.02 Å². The van der Waals surface area contributed by atoms with Crippen LogP contribution in [0.3, 0.4) is 0 Å². The third-order valence-corrected chi connectivity index (χ3v) is 5.09. The molecule has 6 heteroatoms. The zero-order valence-corrected chi connectivity index (χ0v) is 15.3. The van der Waals surface area contributed by atoms with E-state index >= 15 is 0 Å². The Morgan fingerprint density at radius 3 is 2.62 bits per heavy atom. The van der Waals surface area contributed by atoms with Gasteiger partial charge in [0.25, 0.3) is 5.91 Å². The second-order valence-corrected chi connectivity index (χ2v) is 7.00. The Morgan fingerprint density at radius 2 is 2.00 bits per heavy atom. The highest BCUT2D eigenvalue weighted by molar-refractivity contribution is 8.18. The van der Waals surface area contributed by atoms with Gasteiger partial charge in [0.05, 0.1) is 10.6 Å². The average Bonchev–Trinajstić information content (AvgIpc) is 3.02. The summed E-state index contributed by atoms with van der Waals surface area (Å²) >= 11 is 7.22. The molecule has 2 aromatic rings. The molecule has 3 rings (SSSR count). The molecule has 24 heavy (non-hydrogen) atoms. The average molecular weight is 360 g/mol. The molecule has 0 radical (unpaired) electrons. The second-order valence-electron chi connectivity index (χ2n) is 5.53. The zero-order chi connectivity index (χ0) is 17.3. The third-order valence-electron chi connectivity index (χ3n) is 3.92. The molecular formula is C18H18ClN3OS. The van der Waals surface area contributed by atoms with Crippen LogP contribution in [-0.2, 0) is 11.3 Å². The lowest BCUT2D eigenvalue weighted by Crippen LogP contribution is -2.19. The van der Waals surface area contributed by atoms with Crippen LogP contribution in [0.5, 0.6) is 0 Å². The van der Waals surface area contributed by atoms with E-state index in [-0.39, 0.29) is 5.91 Å². The number of carbonyl (C=O) groups is 1. The predicted octanol–water partition coefficient (Wildman–Crippen LogP) is 4.67. The number of aromatic nitrogens is 1. The minimum absolute atomic E-state index is 0.117. The summed E-state index contributed by atoms with van der Waals surface area (Å²) in [6, 6.07) is 9.29. The van der Waals surface area contributed by atoms with Crippen LogP contribution < -0.4 is 5.32 Å². The molecule has 0 saturated carbocycles. The molecule has 124 valence electrons. The van der Waals surface area contributed by atoms with E-state index in [0.29, 0.717) is 15.1 Å². The summed E-state index contributed by atoms with van der Waals surface area (Å²) in [5.41, 5.74) is 4.19. The molecular weight excluding hydrogens is 342 g/mol. The number of amides is 1. The first-order valence-corrected chi connectivity index (χ1v) is 8.89. The van der Waals surface area contributed by atoms with E-state index < -0.39 is 0 Å². The van der Waals surface area contributed by atoms with Crippen LogP contribution in [0.4, 0.5) is 5.69 Å². The summed E-state index contributed by atoms with van der Waals surface area (Å²) in [6.07, 6.45) is 1.93. The maximum absolute atomic E-state index is 12.2. The Balaban J connectivity index is 1.86. The van der Waals surface area contributed by atoms with Crippen molar-refractivity contribution in [2.24, 2.45) is 4.99 Å². The number of benzene rings is 1. The fourth-order valence-electron chi connectivity index (χ4n) is 2.72. The van der Waals surface area contributed by atoms with Crippen molar-refractivity contribution in [2.45, 2.75) is 27.3 Å². The van der Waals surface area contributed by atoms with Crippen molar-refractivity contribution in [1.29, 1.82) is 0 Å². The van der Waals surface area contributed by atoms with Gasteiger partial charge in [0.15, 0.2) is 5.17 Å². The summed E-state index contributed by atoms with van der Waals surface area (Å²) in [4.78, 5) is 17.3. The smallest absolute Gasteiger partial charge is 0.264 e. The van der Waals surface area contributed by atoms with E-state index in [1.807, 2.05) is 18.2 Å². The van der Waals surface area contributed by atoms with E-state index in [0.717, 1.165) is 17.8 Å². The molecule has 1 aliphatic rings. The number of nitrogens with zero attached hydrogens (tertiary/aromatic N) is 2. The Labute approximate surface area is 150 Å². The summed E-state index contributed by atoms with van der Waals surface area (Å²) in [7, 11) is 0. The normalized spacial score (nSPS) is 17.8. The fourth-order valence-corrected chi connectivity index (χ4v) is 3.67. The standard InChI is InChI=1S/C18H18ClN3OS/c1-4-22-11(2)9-13(12(22)3)10-16-17(23)21-18(24-16)20-15-7-5-14(19)6-8-15/h5-10H,4H2,1-3H3,(H,20,21,23)/b16-10-. The second kappa shape index (κ2) is 6.87. The van der Waals surface area contributed by atoms with Gasteiger partial charge in [0.1, 0.15) is 0 Å². The molecule has 0 unspecified atom stereocenters. The van der Waals surface area contributed by atoms with Gasteiger partial charge in [-0.25, -0.2) is 4.99 Å². The van der Waals surface area contributed by atoms with Crippen molar-refractivity contribution in [2.75, 3.05) is 0 Å². The van der Waals surface area contributed by atoms with Crippen molar-refractivity contribution in [3.05, 3.63) is 57.2 Å². The lowest BCUT2D eigenvalue weighted by molar-refractivity contribution is -0.115. The van der Waals surface area contributed by atoms with Crippen molar-refractivity contribution in [1.82, 2.24) is 9.88 Å². The SMILES string of the molecule is CCn1c(C)cc(/C=C2\SC(=Nc3ccc(Cl)cc3)NC2=O)c1C. The minimum Gasteiger partial charge on any atom is -0.349 e. The number of amidine groups is 1. The monoisotopic (exact) mass is 359 g/mol. The van der Waals surface area contributed by atoms with Gasteiger partial charge in [-0.15, -0.1) is 0 Å². The molecule has 1 aliphatic heterocycles. The molecule has 0 bridgehead atoms. The number of hydrogen-bond acceptors (Lipinski definition) is 3. The van der Waals surface area contributed by atoms with Crippen LogP contribution in [0.1, 0.15) is 23.9 Å². The Morgan fingerprint density at radius 1 is 1.29 bits per heavy atom. The van der Waals surface area contributed by atoms with Gasteiger partial charge in [0.2, 0.25) is 0 Å². The van der Waals surface area contributed by atoms with E-state index in [9.17, 15) is 4.79 Å². The van der Waals surface area contributed by atoms with E-state index in [1.54, 1.807) is 12.1 Å². The first-order chi connectivity index (χ1) is 11.5. The first kappa shape index (κ1) is 16.9. The quantitative estimate of drug-likeness (QED) is 0.809. The number of nitrogens with one attached hydrogen (secondary N) is 1. The summed E-state index contributed by atoms with van der Waals surface area (Å²) in [6.45, 7) is 7.19. The van der Waals surface area contributed by atoms with Crippen LogP contribution in [0.15, 0.2) is 40.2 Å². The zero-order valence-electron chi connectivity index (χ0n) is 13.8. The molecule has 2 heterocycles. The van der Waals surface area contributed by atoms with Crippen molar-refractivity contribution in [3.63, 3.8) is 0 Å². The molecule has 1 saturated heterocycles. The number of hydrogen-bond donors (Lipinski definition) is 1. The highest BCUT2D eigenvalue weighted by atomic mass is 35.5. The van der Waals surface area contributed by atoms with Crippen molar-refractivity contribution in [3.8, 4) is 0 Å².